The molecule has 33 heavy (non-hydrogen) atoms. The van der Waals surface area contributed by atoms with Crippen LogP contribution in [0.25, 0.3) is 16.7 Å². The van der Waals surface area contributed by atoms with Gasteiger partial charge in [0.2, 0.25) is 5.88 Å². The van der Waals surface area contributed by atoms with Crippen LogP contribution in [0.15, 0.2) is 30.7 Å². The first kappa shape index (κ1) is 22.5. The Labute approximate surface area is 193 Å². The number of hydrogen-bond donors (Lipinski definition) is 2. The molecule has 2 N–H and O–H groups in total. The fourth-order valence-electron chi connectivity index (χ4n) is 4.17. The number of nitrogens with zero attached hydrogens (tertiary/aromatic N) is 4. The highest BCUT2D eigenvalue weighted by atomic mass is 16.5. The van der Waals surface area contributed by atoms with Crippen LogP contribution in [0, 0.1) is 27.7 Å². The second kappa shape index (κ2) is 9.05. The van der Waals surface area contributed by atoms with Crippen molar-refractivity contribution in [3.8, 4) is 11.7 Å². The van der Waals surface area contributed by atoms with E-state index in [1.165, 1.54) is 33.9 Å². The third-order valence-corrected chi connectivity index (χ3v) is 5.69. The number of amides is 1. The van der Waals surface area contributed by atoms with Crippen LogP contribution in [0.3, 0.4) is 0 Å². The molecule has 0 bridgehead atoms. The minimum Gasteiger partial charge on any atom is -0.475 e. The molecule has 0 aliphatic heterocycles. The molecular weight excluding hydrogens is 416 g/mol. The fraction of sp³-hybridized carbons (Fsp3) is 0.360. The number of aromatic amines is 1. The number of H-pyrrole nitrogens is 1. The van der Waals surface area contributed by atoms with Gasteiger partial charge in [-0.2, -0.15) is 5.10 Å². The van der Waals surface area contributed by atoms with Gasteiger partial charge in [0, 0.05) is 29.2 Å². The van der Waals surface area contributed by atoms with Crippen molar-refractivity contribution in [3.63, 3.8) is 0 Å². The number of ether oxygens (including phenoxy) is 1. The number of aromatic nitrogens is 5. The summed E-state index contributed by atoms with van der Waals surface area (Å²) in [6.45, 7) is 12.6. The lowest BCUT2D eigenvalue weighted by molar-refractivity contribution is 0.0953. The molecule has 172 valence electrons. The molecule has 0 aliphatic carbocycles. The van der Waals surface area contributed by atoms with Gasteiger partial charge in [0.25, 0.3) is 5.91 Å². The van der Waals surface area contributed by atoms with Gasteiger partial charge in [0.05, 0.1) is 23.6 Å². The molecule has 0 fully saturated rings. The largest absolute Gasteiger partial charge is 0.475 e. The molecule has 0 unspecified atom stereocenters. The van der Waals surface area contributed by atoms with Crippen molar-refractivity contribution in [1.29, 1.82) is 0 Å². The molecule has 8 nitrogen and oxygen atoms in total. The second-order valence-corrected chi connectivity index (χ2v) is 8.68. The Hall–Kier alpha value is -3.68. The van der Waals surface area contributed by atoms with E-state index in [1.807, 2.05) is 20.8 Å². The van der Waals surface area contributed by atoms with E-state index in [-0.39, 0.29) is 12.0 Å². The summed E-state index contributed by atoms with van der Waals surface area (Å²) >= 11 is 0. The van der Waals surface area contributed by atoms with Crippen molar-refractivity contribution in [1.82, 2.24) is 30.0 Å². The van der Waals surface area contributed by atoms with Crippen molar-refractivity contribution in [2.45, 2.75) is 54.1 Å². The zero-order valence-corrected chi connectivity index (χ0v) is 20.0. The number of fused-ring (bicyclic) bond motifs is 1. The van der Waals surface area contributed by atoms with Crippen LogP contribution in [-0.4, -0.2) is 43.3 Å². The van der Waals surface area contributed by atoms with Crippen LogP contribution in [-0.2, 0) is 6.42 Å². The lowest BCUT2D eigenvalue weighted by Crippen LogP contribution is -2.26. The van der Waals surface area contributed by atoms with Gasteiger partial charge in [0.1, 0.15) is 6.33 Å². The zero-order valence-electron chi connectivity index (χ0n) is 20.0. The summed E-state index contributed by atoms with van der Waals surface area (Å²) in [4.78, 5) is 24.8. The summed E-state index contributed by atoms with van der Waals surface area (Å²) in [5.41, 5.74) is 7.24. The first-order valence-electron chi connectivity index (χ1n) is 11.1. The maximum absolute atomic E-state index is 12.9. The highest BCUT2D eigenvalue weighted by molar-refractivity contribution is 5.95. The van der Waals surface area contributed by atoms with Gasteiger partial charge in [-0.3, -0.25) is 4.79 Å². The van der Waals surface area contributed by atoms with Crippen molar-refractivity contribution >= 4 is 16.8 Å². The predicted octanol–water partition coefficient (Wildman–Crippen LogP) is 4.14. The third kappa shape index (κ3) is 4.60. The summed E-state index contributed by atoms with van der Waals surface area (Å²) in [5, 5.41) is 8.63. The van der Waals surface area contributed by atoms with Gasteiger partial charge in [-0.1, -0.05) is 11.6 Å². The van der Waals surface area contributed by atoms with Crippen LogP contribution in [0.5, 0.6) is 5.88 Å². The summed E-state index contributed by atoms with van der Waals surface area (Å²) in [7, 11) is 0. The molecule has 0 aliphatic rings. The Bertz CT molecular complexity index is 1320. The number of rotatable bonds is 7. The molecule has 0 radical (unpaired) electrons. The Morgan fingerprint density at radius 2 is 1.94 bits per heavy atom. The van der Waals surface area contributed by atoms with E-state index in [4.69, 9.17) is 4.74 Å². The van der Waals surface area contributed by atoms with Crippen LogP contribution in [0.1, 0.15) is 52.3 Å². The number of aryl methyl sites for hydroxylation is 3. The van der Waals surface area contributed by atoms with Gasteiger partial charge >= 0.3 is 0 Å². The van der Waals surface area contributed by atoms with Crippen LogP contribution < -0.4 is 10.1 Å². The van der Waals surface area contributed by atoms with E-state index in [9.17, 15) is 4.79 Å². The molecule has 0 spiro atoms. The molecule has 0 saturated carbocycles. The minimum atomic E-state index is -0.156. The van der Waals surface area contributed by atoms with E-state index in [0.717, 1.165) is 12.1 Å². The molecule has 4 rings (SSSR count). The standard InChI is InChI=1S/C25H30N6O2/c1-14(2)33-23-11-22(27-13-28-23)31-18(6)21(12-29-31)25(32)26-8-7-19-17(5)30-24-16(4)9-15(3)10-20(19)24/h9-14,30H,7-8H2,1-6H3,(H,26,32). The molecule has 0 atom stereocenters. The summed E-state index contributed by atoms with van der Waals surface area (Å²) in [6, 6.07) is 6.10. The first-order chi connectivity index (χ1) is 15.7. The van der Waals surface area contributed by atoms with Crippen molar-refractivity contribution in [2.24, 2.45) is 0 Å². The van der Waals surface area contributed by atoms with E-state index < -0.39 is 0 Å². The molecule has 1 amide bonds. The average Bonchev–Trinajstić information content (AvgIpc) is 3.28. The van der Waals surface area contributed by atoms with Gasteiger partial charge in [0.15, 0.2) is 5.82 Å². The van der Waals surface area contributed by atoms with Gasteiger partial charge < -0.3 is 15.0 Å². The summed E-state index contributed by atoms with van der Waals surface area (Å²) < 4.78 is 7.26. The average molecular weight is 447 g/mol. The Balaban J connectivity index is 1.47. The van der Waals surface area contributed by atoms with Gasteiger partial charge in [-0.15, -0.1) is 0 Å². The Morgan fingerprint density at radius 3 is 2.70 bits per heavy atom. The number of nitrogens with one attached hydrogen (secondary N) is 2. The summed E-state index contributed by atoms with van der Waals surface area (Å²) in [5.74, 6) is 0.865. The topological polar surface area (TPSA) is 97.7 Å². The highest BCUT2D eigenvalue weighted by Crippen LogP contribution is 2.26. The first-order valence-corrected chi connectivity index (χ1v) is 11.1. The lowest BCUT2D eigenvalue weighted by Gasteiger charge is -2.10. The smallest absolute Gasteiger partial charge is 0.254 e. The van der Waals surface area contributed by atoms with Crippen LogP contribution >= 0.6 is 0 Å². The SMILES string of the molecule is Cc1cc(C)c2[nH]c(C)c(CCNC(=O)c3cnn(-c4cc(OC(C)C)ncn4)c3C)c2c1. The molecule has 4 aromatic rings. The van der Waals surface area contributed by atoms with E-state index in [2.05, 4.69) is 58.3 Å². The zero-order chi connectivity index (χ0) is 23.7. The molecular formula is C25H30N6O2. The van der Waals surface area contributed by atoms with Crippen molar-refractivity contribution < 1.29 is 9.53 Å². The highest BCUT2D eigenvalue weighted by Gasteiger charge is 2.17. The minimum absolute atomic E-state index is 0.00132. The van der Waals surface area contributed by atoms with Crippen molar-refractivity contribution in [3.05, 3.63) is 64.4 Å². The van der Waals surface area contributed by atoms with E-state index in [1.54, 1.807) is 16.9 Å². The molecule has 8 heteroatoms. The number of benzene rings is 1. The Morgan fingerprint density at radius 1 is 1.15 bits per heavy atom. The molecule has 0 saturated heterocycles. The normalized spacial score (nSPS) is 11.4. The third-order valence-electron chi connectivity index (χ3n) is 5.69. The Kier molecular flexibility index (Phi) is 6.18. The number of hydrogen-bond acceptors (Lipinski definition) is 5. The monoisotopic (exact) mass is 446 g/mol. The fourth-order valence-corrected chi connectivity index (χ4v) is 4.17. The second-order valence-electron chi connectivity index (χ2n) is 8.68. The quantitative estimate of drug-likeness (QED) is 0.445. The molecule has 1 aromatic carbocycles. The summed E-state index contributed by atoms with van der Waals surface area (Å²) in [6.07, 6.45) is 3.75. The van der Waals surface area contributed by atoms with Crippen LogP contribution in [0.4, 0.5) is 0 Å². The van der Waals surface area contributed by atoms with Crippen molar-refractivity contribution in [2.75, 3.05) is 6.54 Å². The van der Waals surface area contributed by atoms with Gasteiger partial charge in [-0.05, 0) is 65.2 Å². The van der Waals surface area contributed by atoms with E-state index in [0.29, 0.717) is 29.5 Å². The lowest BCUT2D eigenvalue weighted by atomic mass is 10.0. The maximum Gasteiger partial charge on any atom is 0.254 e. The van der Waals surface area contributed by atoms with Gasteiger partial charge in [-0.25, -0.2) is 14.6 Å². The maximum atomic E-state index is 12.9. The van der Waals surface area contributed by atoms with Crippen LogP contribution in [0.2, 0.25) is 0 Å². The molecule has 3 heterocycles. The predicted molar refractivity (Wildman–Crippen MR) is 128 cm³/mol. The van der Waals surface area contributed by atoms with E-state index >= 15 is 0 Å². The molecule has 3 aromatic heterocycles. The number of carbonyl (C=O) groups excluding carboxylic acids is 1. The number of carbonyl (C=O) groups is 1.